The summed E-state index contributed by atoms with van der Waals surface area (Å²) in [6.07, 6.45) is 2.45. The van der Waals surface area contributed by atoms with Crippen LogP contribution >= 0.6 is 0 Å². The van der Waals surface area contributed by atoms with Gasteiger partial charge < -0.3 is 5.32 Å². The number of hydrogen-bond acceptors (Lipinski definition) is 4. The summed E-state index contributed by atoms with van der Waals surface area (Å²) in [7, 11) is 0. The molecule has 1 aliphatic heterocycles. The number of nitrogens with one attached hydrogen (secondary N) is 1. The molecule has 21 heavy (non-hydrogen) atoms. The van der Waals surface area contributed by atoms with Crippen LogP contribution < -0.4 is 5.32 Å². The molecule has 5 heteroatoms. The van der Waals surface area contributed by atoms with Crippen molar-refractivity contribution in [1.29, 1.82) is 0 Å². The number of amides is 2. The topological polar surface area (TPSA) is 62.3 Å². The van der Waals surface area contributed by atoms with Gasteiger partial charge in [0.2, 0.25) is 11.8 Å². The van der Waals surface area contributed by atoms with Crippen LogP contribution in [0.4, 0.5) is 5.69 Å². The number of para-hydroxylation sites is 1. The number of pyridine rings is 1. The van der Waals surface area contributed by atoms with E-state index in [1.54, 1.807) is 6.20 Å². The fraction of sp³-hybridized carbons (Fsp3) is 0.312. The minimum Gasteiger partial charge on any atom is -0.383 e. The second-order valence-corrected chi connectivity index (χ2v) is 5.20. The maximum absolute atomic E-state index is 11.6. The second kappa shape index (κ2) is 5.52. The Morgan fingerprint density at radius 2 is 1.95 bits per heavy atom. The average Bonchev–Trinajstić information content (AvgIpc) is 2.80. The number of nitrogens with zero attached hydrogens (tertiary/aromatic N) is 2. The summed E-state index contributed by atoms with van der Waals surface area (Å²) in [5.74, 6) is -0.144. The molecule has 1 aromatic heterocycles. The number of hydrogen-bond donors (Lipinski definition) is 1. The third-order valence-electron chi connectivity index (χ3n) is 3.78. The fourth-order valence-corrected chi connectivity index (χ4v) is 2.65. The maximum Gasteiger partial charge on any atom is 0.229 e. The molecule has 2 heterocycles. The Labute approximate surface area is 123 Å². The Morgan fingerprint density at radius 3 is 2.71 bits per heavy atom. The smallest absolute Gasteiger partial charge is 0.229 e. The number of likely N-dealkylation sites (tertiary alicyclic amines) is 1. The summed E-state index contributed by atoms with van der Waals surface area (Å²) in [5.41, 5.74) is 3.07. The average molecular weight is 283 g/mol. The first kappa shape index (κ1) is 13.5. The highest BCUT2D eigenvalue weighted by atomic mass is 16.2. The maximum atomic E-state index is 11.6. The van der Waals surface area contributed by atoms with E-state index in [0.29, 0.717) is 25.9 Å². The van der Waals surface area contributed by atoms with Gasteiger partial charge in [-0.3, -0.25) is 19.5 Å². The monoisotopic (exact) mass is 283 g/mol. The summed E-state index contributed by atoms with van der Waals surface area (Å²) in [4.78, 5) is 28.8. The van der Waals surface area contributed by atoms with Crippen LogP contribution in [0.3, 0.4) is 0 Å². The van der Waals surface area contributed by atoms with Crippen LogP contribution in [-0.2, 0) is 9.59 Å². The molecule has 1 aromatic carbocycles. The normalized spacial score (nSPS) is 15.0. The molecule has 0 bridgehead atoms. The summed E-state index contributed by atoms with van der Waals surface area (Å²) in [6, 6.07) is 7.96. The van der Waals surface area contributed by atoms with Crippen molar-refractivity contribution in [2.45, 2.75) is 19.8 Å². The van der Waals surface area contributed by atoms with E-state index in [2.05, 4.69) is 10.3 Å². The van der Waals surface area contributed by atoms with Crippen LogP contribution in [0.1, 0.15) is 18.4 Å². The van der Waals surface area contributed by atoms with Crippen LogP contribution in [0.2, 0.25) is 0 Å². The SMILES string of the molecule is Cc1cccc2c(NCCN3C(=O)CCC3=O)ccnc12. The van der Waals surface area contributed by atoms with Crippen molar-refractivity contribution >= 4 is 28.4 Å². The van der Waals surface area contributed by atoms with E-state index < -0.39 is 0 Å². The first-order valence-electron chi connectivity index (χ1n) is 7.08. The molecule has 0 unspecified atom stereocenters. The van der Waals surface area contributed by atoms with Gasteiger partial charge in [-0.2, -0.15) is 0 Å². The zero-order valence-corrected chi connectivity index (χ0v) is 11.9. The minimum atomic E-state index is -0.0720. The molecule has 0 radical (unpaired) electrons. The number of anilines is 1. The van der Waals surface area contributed by atoms with Crippen molar-refractivity contribution in [2.75, 3.05) is 18.4 Å². The summed E-state index contributed by atoms with van der Waals surface area (Å²) in [5, 5.41) is 4.35. The lowest BCUT2D eigenvalue weighted by molar-refractivity contribution is -0.138. The minimum absolute atomic E-state index is 0.0720. The van der Waals surface area contributed by atoms with Gasteiger partial charge in [-0.15, -0.1) is 0 Å². The van der Waals surface area contributed by atoms with Crippen molar-refractivity contribution in [2.24, 2.45) is 0 Å². The number of benzene rings is 1. The van der Waals surface area contributed by atoms with Gasteiger partial charge in [-0.1, -0.05) is 18.2 Å². The Hall–Kier alpha value is -2.43. The summed E-state index contributed by atoms with van der Waals surface area (Å²) < 4.78 is 0. The standard InChI is InChI=1S/C16H17N3O2/c1-11-3-2-4-12-13(7-8-18-16(11)12)17-9-10-19-14(20)5-6-15(19)21/h2-4,7-8H,5-6,9-10H2,1H3,(H,17,18). The molecule has 1 aliphatic rings. The molecule has 0 saturated carbocycles. The molecule has 0 spiro atoms. The predicted molar refractivity (Wildman–Crippen MR) is 80.9 cm³/mol. The number of aromatic nitrogens is 1. The Balaban J connectivity index is 1.73. The zero-order valence-electron chi connectivity index (χ0n) is 11.9. The van der Waals surface area contributed by atoms with E-state index in [9.17, 15) is 9.59 Å². The zero-order chi connectivity index (χ0) is 14.8. The van der Waals surface area contributed by atoms with Gasteiger partial charge in [0.05, 0.1) is 5.52 Å². The highest BCUT2D eigenvalue weighted by molar-refractivity contribution is 6.02. The van der Waals surface area contributed by atoms with E-state index in [-0.39, 0.29) is 11.8 Å². The van der Waals surface area contributed by atoms with Gasteiger partial charge in [0.15, 0.2) is 0 Å². The van der Waals surface area contributed by atoms with Gasteiger partial charge in [-0.05, 0) is 18.6 Å². The first-order valence-corrected chi connectivity index (χ1v) is 7.08. The predicted octanol–water partition coefficient (Wildman–Crippen LogP) is 2.10. The van der Waals surface area contributed by atoms with Crippen LogP contribution in [0.25, 0.3) is 10.9 Å². The van der Waals surface area contributed by atoms with E-state index in [1.165, 1.54) is 4.90 Å². The lowest BCUT2D eigenvalue weighted by Crippen LogP contribution is -2.33. The van der Waals surface area contributed by atoms with Crippen molar-refractivity contribution in [3.63, 3.8) is 0 Å². The van der Waals surface area contributed by atoms with E-state index in [0.717, 1.165) is 22.2 Å². The van der Waals surface area contributed by atoms with Crippen LogP contribution in [-0.4, -0.2) is 34.8 Å². The van der Waals surface area contributed by atoms with Crippen LogP contribution in [0.5, 0.6) is 0 Å². The molecule has 5 nitrogen and oxygen atoms in total. The Morgan fingerprint density at radius 1 is 1.19 bits per heavy atom. The van der Waals surface area contributed by atoms with Crippen molar-refractivity contribution < 1.29 is 9.59 Å². The molecule has 2 aromatic rings. The number of rotatable bonds is 4. The first-order chi connectivity index (χ1) is 10.2. The van der Waals surface area contributed by atoms with Crippen molar-refractivity contribution in [1.82, 2.24) is 9.88 Å². The molecular formula is C16H17N3O2. The van der Waals surface area contributed by atoms with E-state index >= 15 is 0 Å². The quantitative estimate of drug-likeness (QED) is 0.873. The third-order valence-corrected chi connectivity index (χ3v) is 3.78. The molecule has 0 aliphatic carbocycles. The van der Waals surface area contributed by atoms with E-state index in [4.69, 9.17) is 0 Å². The molecule has 108 valence electrons. The van der Waals surface area contributed by atoms with Gasteiger partial charge in [0, 0.05) is 43.2 Å². The Bertz CT molecular complexity index is 696. The largest absolute Gasteiger partial charge is 0.383 e. The molecule has 1 fully saturated rings. The van der Waals surface area contributed by atoms with Gasteiger partial charge in [0.1, 0.15) is 0 Å². The number of aryl methyl sites for hydroxylation is 1. The number of fused-ring (bicyclic) bond motifs is 1. The molecule has 2 amide bonds. The van der Waals surface area contributed by atoms with Crippen LogP contribution in [0, 0.1) is 6.92 Å². The molecule has 3 rings (SSSR count). The van der Waals surface area contributed by atoms with E-state index in [1.807, 2.05) is 31.2 Å². The van der Waals surface area contributed by atoms with Gasteiger partial charge >= 0.3 is 0 Å². The van der Waals surface area contributed by atoms with Crippen LogP contribution in [0.15, 0.2) is 30.5 Å². The summed E-state index contributed by atoms with van der Waals surface area (Å²) in [6.45, 7) is 2.98. The Kier molecular flexibility index (Phi) is 3.56. The lowest BCUT2D eigenvalue weighted by Gasteiger charge is -2.15. The summed E-state index contributed by atoms with van der Waals surface area (Å²) >= 11 is 0. The third kappa shape index (κ3) is 2.59. The highest BCUT2D eigenvalue weighted by Crippen LogP contribution is 2.23. The molecular weight excluding hydrogens is 266 g/mol. The molecule has 1 N–H and O–H groups in total. The lowest BCUT2D eigenvalue weighted by atomic mass is 10.1. The second-order valence-electron chi connectivity index (χ2n) is 5.20. The number of carbonyl (C=O) groups is 2. The number of imide groups is 1. The van der Waals surface area contributed by atoms with Crippen molar-refractivity contribution in [3.05, 3.63) is 36.0 Å². The molecule has 0 atom stereocenters. The number of carbonyl (C=O) groups excluding carboxylic acids is 2. The van der Waals surface area contributed by atoms with Crippen molar-refractivity contribution in [3.8, 4) is 0 Å². The fourth-order valence-electron chi connectivity index (χ4n) is 2.65. The highest BCUT2D eigenvalue weighted by Gasteiger charge is 2.27. The van der Waals surface area contributed by atoms with Gasteiger partial charge in [0.25, 0.3) is 0 Å². The van der Waals surface area contributed by atoms with Gasteiger partial charge in [-0.25, -0.2) is 0 Å². The molecule has 1 saturated heterocycles.